The van der Waals surface area contributed by atoms with Crippen LogP contribution in [0.3, 0.4) is 0 Å². The summed E-state index contributed by atoms with van der Waals surface area (Å²) in [5, 5.41) is 9.35. The second kappa shape index (κ2) is 5.66. The zero-order valence-corrected chi connectivity index (χ0v) is 14.9. The molecule has 2 aromatic carbocycles. The molecule has 0 bridgehead atoms. The number of nitrogens with two attached hydrogens (primary N) is 1. The number of rotatable bonds is 2. The molecule has 0 amide bonds. The lowest BCUT2D eigenvalue weighted by Crippen LogP contribution is -2.35. The van der Waals surface area contributed by atoms with E-state index in [0.717, 1.165) is 23.4 Å². The summed E-state index contributed by atoms with van der Waals surface area (Å²) in [5.41, 5.74) is 12.0. The number of fused-ring (bicyclic) bond motifs is 1. The van der Waals surface area contributed by atoms with E-state index < -0.39 is 0 Å². The molecule has 0 radical (unpaired) electrons. The molecular formula is C21H26N2O. The highest BCUT2D eigenvalue weighted by Crippen LogP contribution is 2.48. The van der Waals surface area contributed by atoms with Crippen LogP contribution < -0.4 is 5.73 Å². The van der Waals surface area contributed by atoms with Crippen molar-refractivity contribution in [2.24, 2.45) is 4.99 Å². The highest BCUT2D eigenvalue weighted by molar-refractivity contribution is 5.90. The SMILES string of the molecule is CC1(C)CCC(C)(C)c2c1ccc(C=Nc1ccc(O)cc1)c2N. The Morgan fingerprint density at radius 2 is 1.58 bits per heavy atom. The number of phenolic OH excluding ortho intramolecular Hbond substituents is 1. The maximum Gasteiger partial charge on any atom is 0.115 e. The van der Waals surface area contributed by atoms with Gasteiger partial charge in [-0.2, -0.15) is 0 Å². The van der Waals surface area contributed by atoms with Gasteiger partial charge in [-0.15, -0.1) is 0 Å². The largest absolute Gasteiger partial charge is 0.508 e. The van der Waals surface area contributed by atoms with E-state index in [0.29, 0.717) is 0 Å². The number of aromatic hydroxyl groups is 1. The molecule has 0 heterocycles. The van der Waals surface area contributed by atoms with Crippen LogP contribution in [-0.2, 0) is 10.8 Å². The van der Waals surface area contributed by atoms with E-state index in [1.807, 2.05) is 6.21 Å². The van der Waals surface area contributed by atoms with Crippen LogP contribution in [0.4, 0.5) is 11.4 Å². The summed E-state index contributed by atoms with van der Waals surface area (Å²) < 4.78 is 0. The predicted molar refractivity (Wildman–Crippen MR) is 102 cm³/mol. The van der Waals surface area contributed by atoms with Gasteiger partial charge >= 0.3 is 0 Å². The molecule has 0 atom stereocenters. The van der Waals surface area contributed by atoms with Gasteiger partial charge in [0, 0.05) is 17.5 Å². The number of hydrogen-bond donors (Lipinski definition) is 2. The first-order chi connectivity index (χ1) is 11.2. The molecule has 3 rings (SSSR count). The molecule has 1 aliphatic carbocycles. The van der Waals surface area contributed by atoms with E-state index in [1.54, 1.807) is 24.3 Å². The van der Waals surface area contributed by atoms with Crippen molar-refractivity contribution < 1.29 is 5.11 Å². The Labute approximate surface area is 144 Å². The molecule has 126 valence electrons. The fraction of sp³-hybridized carbons (Fsp3) is 0.381. The predicted octanol–water partition coefficient (Wildman–Crippen LogP) is 5.07. The van der Waals surface area contributed by atoms with Gasteiger partial charge < -0.3 is 10.8 Å². The lowest BCUT2D eigenvalue weighted by Gasteiger charge is -2.42. The Morgan fingerprint density at radius 1 is 0.958 bits per heavy atom. The maximum atomic E-state index is 9.35. The minimum absolute atomic E-state index is 0.0807. The van der Waals surface area contributed by atoms with E-state index >= 15 is 0 Å². The Balaban J connectivity index is 2.04. The van der Waals surface area contributed by atoms with Crippen LogP contribution in [0.25, 0.3) is 0 Å². The summed E-state index contributed by atoms with van der Waals surface area (Å²) in [5.74, 6) is 0.242. The fourth-order valence-corrected chi connectivity index (χ4v) is 3.61. The molecule has 2 aromatic rings. The van der Waals surface area contributed by atoms with Crippen molar-refractivity contribution in [1.82, 2.24) is 0 Å². The number of phenols is 1. The summed E-state index contributed by atoms with van der Waals surface area (Å²) in [4.78, 5) is 4.50. The van der Waals surface area contributed by atoms with E-state index in [9.17, 15) is 5.11 Å². The third-order valence-electron chi connectivity index (χ3n) is 5.26. The lowest BCUT2D eigenvalue weighted by molar-refractivity contribution is 0.333. The highest BCUT2D eigenvalue weighted by Gasteiger charge is 2.38. The molecule has 3 heteroatoms. The summed E-state index contributed by atoms with van der Waals surface area (Å²) in [6.45, 7) is 9.14. The van der Waals surface area contributed by atoms with E-state index in [-0.39, 0.29) is 16.6 Å². The van der Waals surface area contributed by atoms with Gasteiger partial charge in [0.15, 0.2) is 0 Å². The standard InChI is InChI=1S/C21H26N2O/c1-20(2)11-12-21(3,4)18-17(20)10-5-14(19(18)22)13-23-15-6-8-16(24)9-7-15/h5-10,13,24H,11-12,22H2,1-4H3. The molecule has 0 unspecified atom stereocenters. The fourth-order valence-electron chi connectivity index (χ4n) is 3.61. The van der Waals surface area contributed by atoms with Crippen LogP contribution in [0.15, 0.2) is 41.4 Å². The molecule has 0 fully saturated rings. The average molecular weight is 322 g/mol. The highest BCUT2D eigenvalue weighted by atomic mass is 16.3. The first-order valence-electron chi connectivity index (χ1n) is 8.47. The Kier molecular flexibility index (Phi) is 3.90. The number of nitrogen functional groups attached to an aromatic ring is 1. The molecule has 0 saturated carbocycles. The first-order valence-corrected chi connectivity index (χ1v) is 8.47. The Bertz CT molecular complexity index is 786. The minimum atomic E-state index is 0.0807. The van der Waals surface area contributed by atoms with Crippen molar-refractivity contribution in [2.75, 3.05) is 5.73 Å². The monoisotopic (exact) mass is 322 g/mol. The van der Waals surface area contributed by atoms with Crippen molar-refractivity contribution in [3.05, 3.63) is 53.1 Å². The Morgan fingerprint density at radius 3 is 2.25 bits per heavy atom. The van der Waals surface area contributed by atoms with Crippen molar-refractivity contribution in [3.8, 4) is 5.75 Å². The van der Waals surface area contributed by atoms with Gasteiger partial charge in [-0.05, 0) is 59.1 Å². The molecule has 24 heavy (non-hydrogen) atoms. The van der Waals surface area contributed by atoms with Gasteiger partial charge in [0.2, 0.25) is 0 Å². The molecule has 0 spiro atoms. The second-order valence-electron chi connectivity index (χ2n) is 8.03. The van der Waals surface area contributed by atoms with E-state index in [4.69, 9.17) is 5.73 Å². The number of hydrogen-bond acceptors (Lipinski definition) is 3. The molecule has 3 N–H and O–H groups in total. The van der Waals surface area contributed by atoms with Crippen LogP contribution in [0.1, 0.15) is 57.2 Å². The smallest absolute Gasteiger partial charge is 0.115 e. The number of aliphatic imine (C=N–C) groups is 1. The molecule has 0 aromatic heterocycles. The zero-order valence-electron chi connectivity index (χ0n) is 14.9. The molecule has 0 aliphatic heterocycles. The van der Waals surface area contributed by atoms with Crippen LogP contribution in [0.5, 0.6) is 5.75 Å². The van der Waals surface area contributed by atoms with Gasteiger partial charge in [0.05, 0.1) is 5.69 Å². The van der Waals surface area contributed by atoms with Crippen molar-refractivity contribution in [3.63, 3.8) is 0 Å². The van der Waals surface area contributed by atoms with Gasteiger partial charge in [0.25, 0.3) is 0 Å². The number of benzene rings is 2. The second-order valence-corrected chi connectivity index (χ2v) is 8.03. The third-order valence-corrected chi connectivity index (χ3v) is 5.26. The van der Waals surface area contributed by atoms with Gasteiger partial charge in [-0.3, -0.25) is 4.99 Å². The summed E-state index contributed by atoms with van der Waals surface area (Å²) >= 11 is 0. The van der Waals surface area contributed by atoms with Crippen molar-refractivity contribution >= 4 is 17.6 Å². The van der Waals surface area contributed by atoms with Gasteiger partial charge in [0.1, 0.15) is 5.75 Å². The van der Waals surface area contributed by atoms with E-state index in [1.165, 1.54) is 17.5 Å². The van der Waals surface area contributed by atoms with Crippen LogP contribution >= 0.6 is 0 Å². The number of anilines is 1. The van der Waals surface area contributed by atoms with Crippen LogP contribution in [-0.4, -0.2) is 11.3 Å². The normalized spacial score (nSPS) is 18.5. The molecule has 3 nitrogen and oxygen atoms in total. The van der Waals surface area contributed by atoms with Gasteiger partial charge in [-0.1, -0.05) is 39.8 Å². The molecule has 0 saturated heterocycles. The molecular weight excluding hydrogens is 296 g/mol. The molecule has 1 aliphatic rings. The lowest BCUT2D eigenvalue weighted by atomic mass is 9.62. The number of nitrogens with zero attached hydrogens (tertiary/aromatic N) is 1. The van der Waals surface area contributed by atoms with Crippen LogP contribution in [0.2, 0.25) is 0 Å². The van der Waals surface area contributed by atoms with E-state index in [2.05, 4.69) is 44.8 Å². The van der Waals surface area contributed by atoms with Crippen LogP contribution in [0, 0.1) is 0 Å². The maximum absolute atomic E-state index is 9.35. The summed E-state index contributed by atoms with van der Waals surface area (Å²) in [6.07, 6.45) is 4.13. The van der Waals surface area contributed by atoms with Crippen molar-refractivity contribution in [2.45, 2.75) is 51.4 Å². The third kappa shape index (κ3) is 2.91. The quantitative estimate of drug-likeness (QED) is 0.599. The minimum Gasteiger partial charge on any atom is -0.508 e. The van der Waals surface area contributed by atoms with Crippen molar-refractivity contribution in [1.29, 1.82) is 0 Å². The Hall–Kier alpha value is -2.29. The average Bonchev–Trinajstić information content (AvgIpc) is 2.52. The first kappa shape index (κ1) is 16.6. The van der Waals surface area contributed by atoms with Gasteiger partial charge in [-0.25, -0.2) is 0 Å². The summed E-state index contributed by atoms with van der Waals surface area (Å²) in [6, 6.07) is 11.1. The zero-order chi connectivity index (χ0) is 17.5. The topological polar surface area (TPSA) is 58.6 Å². The summed E-state index contributed by atoms with van der Waals surface area (Å²) in [7, 11) is 0.